The largest absolute Gasteiger partial charge is 0.321 e. The van der Waals surface area contributed by atoms with Gasteiger partial charge in [-0.05, 0) is 30.5 Å². The Morgan fingerprint density at radius 1 is 1.33 bits per heavy atom. The first-order valence-corrected chi connectivity index (χ1v) is 4.24. The summed E-state index contributed by atoms with van der Waals surface area (Å²) in [5.74, 6) is 0.430. The summed E-state index contributed by atoms with van der Waals surface area (Å²) in [4.78, 5) is 3.96. The number of aromatic nitrogens is 1. The highest BCUT2D eigenvalue weighted by molar-refractivity contribution is 5.20. The molecule has 0 spiro atoms. The van der Waals surface area contributed by atoms with Crippen molar-refractivity contribution in [1.29, 1.82) is 0 Å². The maximum atomic E-state index is 6.15. The van der Waals surface area contributed by atoms with Crippen molar-refractivity contribution in [3.05, 3.63) is 30.1 Å². The first kappa shape index (κ1) is 9.20. The third-order valence-electron chi connectivity index (χ3n) is 2.50. The predicted octanol–water partition coefficient (Wildman–Crippen LogP) is 1.91. The molecule has 2 N–H and O–H groups in total. The van der Waals surface area contributed by atoms with E-state index < -0.39 is 0 Å². The molecule has 66 valence electrons. The van der Waals surface area contributed by atoms with Crippen LogP contribution in [0.15, 0.2) is 24.5 Å². The molecule has 0 amide bonds. The van der Waals surface area contributed by atoms with Gasteiger partial charge in [0.05, 0.1) is 0 Å². The third-order valence-corrected chi connectivity index (χ3v) is 2.50. The van der Waals surface area contributed by atoms with E-state index in [0.29, 0.717) is 5.92 Å². The fraction of sp³-hybridized carbons (Fsp3) is 0.500. The van der Waals surface area contributed by atoms with Crippen molar-refractivity contribution in [3.63, 3.8) is 0 Å². The fourth-order valence-corrected chi connectivity index (χ4v) is 1.04. The first-order chi connectivity index (χ1) is 5.55. The average molecular weight is 164 g/mol. The van der Waals surface area contributed by atoms with E-state index in [0.717, 1.165) is 5.56 Å². The summed E-state index contributed by atoms with van der Waals surface area (Å²) in [6.45, 7) is 6.30. The molecule has 2 nitrogen and oxygen atoms in total. The molecule has 1 aromatic rings. The zero-order valence-electron chi connectivity index (χ0n) is 7.91. The Hall–Kier alpha value is -0.890. The zero-order chi connectivity index (χ0) is 9.19. The van der Waals surface area contributed by atoms with Crippen LogP contribution in [0.4, 0.5) is 0 Å². The molecule has 0 aliphatic heterocycles. The van der Waals surface area contributed by atoms with Crippen LogP contribution in [0.25, 0.3) is 0 Å². The molecule has 0 aliphatic carbocycles. The highest BCUT2D eigenvalue weighted by atomic mass is 14.7. The molecule has 0 saturated carbocycles. The van der Waals surface area contributed by atoms with E-state index >= 15 is 0 Å². The molecule has 0 bridgehead atoms. The summed E-state index contributed by atoms with van der Waals surface area (Å²) in [5.41, 5.74) is 7.05. The molecule has 0 aromatic carbocycles. The number of nitrogens with zero attached hydrogens (tertiary/aromatic N) is 1. The second kappa shape index (κ2) is 3.23. The van der Waals surface area contributed by atoms with Gasteiger partial charge in [0.2, 0.25) is 0 Å². The lowest BCUT2D eigenvalue weighted by Crippen LogP contribution is -2.38. The Labute approximate surface area is 73.8 Å². The Morgan fingerprint density at radius 2 is 1.83 bits per heavy atom. The molecule has 0 aliphatic rings. The normalized spacial score (nSPS) is 16.1. The van der Waals surface area contributed by atoms with Gasteiger partial charge in [-0.25, -0.2) is 0 Å². The van der Waals surface area contributed by atoms with Gasteiger partial charge in [0, 0.05) is 17.9 Å². The lowest BCUT2D eigenvalue weighted by Gasteiger charge is -2.29. The van der Waals surface area contributed by atoms with E-state index in [1.165, 1.54) is 0 Å². The van der Waals surface area contributed by atoms with Crippen LogP contribution in [0.1, 0.15) is 26.3 Å². The lowest BCUT2D eigenvalue weighted by atomic mass is 9.83. The fourth-order valence-electron chi connectivity index (χ4n) is 1.04. The molecule has 0 saturated heterocycles. The van der Waals surface area contributed by atoms with E-state index in [1.807, 2.05) is 19.1 Å². The molecule has 1 rings (SSSR count). The van der Waals surface area contributed by atoms with Gasteiger partial charge in [0.1, 0.15) is 0 Å². The van der Waals surface area contributed by atoms with Crippen LogP contribution < -0.4 is 5.73 Å². The molecule has 1 aromatic heterocycles. The van der Waals surface area contributed by atoms with Crippen LogP contribution in [0.3, 0.4) is 0 Å². The Kier molecular flexibility index (Phi) is 2.48. The summed E-state index contributed by atoms with van der Waals surface area (Å²) < 4.78 is 0. The molecule has 1 heterocycles. The van der Waals surface area contributed by atoms with E-state index in [1.54, 1.807) is 12.4 Å². The van der Waals surface area contributed by atoms with E-state index in [2.05, 4.69) is 18.8 Å². The van der Waals surface area contributed by atoms with Crippen molar-refractivity contribution in [2.75, 3.05) is 0 Å². The standard InChI is InChI=1S/C10H16N2/c1-8(2)10(3,11)9-4-6-12-7-5-9/h4-8H,11H2,1-3H3. The molecular weight excluding hydrogens is 148 g/mol. The van der Waals surface area contributed by atoms with Crippen LogP contribution in [-0.4, -0.2) is 4.98 Å². The summed E-state index contributed by atoms with van der Waals surface area (Å²) in [7, 11) is 0. The Morgan fingerprint density at radius 3 is 2.25 bits per heavy atom. The second-order valence-electron chi connectivity index (χ2n) is 3.67. The highest BCUT2D eigenvalue weighted by Gasteiger charge is 2.24. The van der Waals surface area contributed by atoms with E-state index in [9.17, 15) is 0 Å². The van der Waals surface area contributed by atoms with Gasteiger partial charge in [0.25, 0.3) is 0 Å². The summed E-state index contributed by atoms with van der Waals surface area (Å²) >= 11 is 0. The van der Waals surface area contributed by atoms with Gasteiger partial charge in [-0.3, -0.25) is 4.98 Å². The van der Waals surface area contributed by atoms with Crippen molar-refractivity contribution < 1.29 is 0 Å². The maximum Gasteiger partial charge on any atom is 0.0405 e. The minimum Gasteiger partial charge on any atom is -0.321 e. The number of hydrogen-bond donors (Lipinski definition) is 1. The van der Waals surface area contributed by atoms with Crippen LogP contribution in [0, 0.1) is 5.92 Å². The van der Waals surface area contributed by atoms with Gasteiger partial charge in [-0.1, -0.05) is 13.8 Å². The smallest absolute Gasteiger partial charge is 0.0405 e. The van der Waals surface area contributed by atoms with Crippen molar-refractivity contribution in [3.8, 4) is 0 Å². The summed E-state index contributed by atoms with van der Waals surface area (Å²) in [6.07, 6.45) is 3.56. The van der Waals surface area contributed by atoms with Crippen LogP contribution in [0.5, 0.6) is 0 Å². The van der Waals surface area contributed by atoms with E-state index in [4.69, 9.17) is 5.73 Å². The quantitative estimate of drug-likeness (QED) is 0.725. The van der Waals surface area contributed by atoms with Gasteiger partial charge in [-0.15, -0.1) is 0 Å². The van der Waals surface area contributed by atoms with Crippen molar-refractivity contribution in [2.24, 2.45) is 11.7 Å². The summed E-state index contributed by atoms with van der Waals surface area (Å²) in [6, 6.07) is 3.94. The average Bonchev–Trinajstić information content (AvgIpc) is 2.06. The molecule has 2 heteroatoms. The number of rotatable bonds is 2. The Balaban J connectivity index is 2.98. The summed E-state index contributed by atoms with van der Waals surface area (Å²) in [5, 5.41) is 0. The van der Waals surface area contributed by atoms with Crippen molar-refractivity contribution in [2.45, 2.75) is 26.3 Å². The number of hydrogen-bond acceptors (Lipinski definition) is 2. The minimum absolute atomic E-state index is 0.247. The predicted molar refractivity (Wildman–Crippen MR) is 50.6 cm³/mol. The zero-order valence-corrected chi connectivity index (χ0v) is 7.91. The second-order valence-corrected chi connectivity index (χ2v) is 3.67. The van der Waals surface area contributed by atoms with Gasteiger partial charge < -0.3 is 5.73 Å². The third kappa shape index (κ3) is 1.64. The van der Waals surface area contributed by atoms with Crippen molar-refractivity contribution in [1.82, 2.24) is 4.98 Å². The first-order valence-electron chi connectivity index (χ1n) is 4.24. The molecule has 0 fully saturated rings. The van der Waals surface area contributed by atoms with Gasteiger partial charge in [0.15, 0.2) is 0 Å². The monoisotopic (exact) mass is 164 g/mol. The maximum absolute atomic E-state index is 6.15. The Bertz CT molecular complexity index is 239. The highest BCUT2D eigenvalue weighted by Crippen LogP contribution is 2.24. The molecule has 1 unspecified atom stereocenters. The van der Waals surface area contributed by atoms with Crippen LogP contribution in [-0.2, 0) is 5.54 Å². The SMILES string of the molecule is CC(C)C(C)(N)c1ccncc1. The van der Waals surface area contributed by atoms with Crippen LogP contribution >= 0.6 is 0 Å². The van der Waals surface area contributed by atoms with Crippen LogP contribution in [0.2, 0.25) is 0 Å². The van der Waals surface area contributed by atoms with E-state index in [-0.39, 0.29) is 5.54 Å². The number of nitrogens with two attached hydrogens (primary N) is 1. The van der Waals surface area contributed by atoms with Gasteiger partial charge >= 0.3 is 0 Å². The minimum atomic E-state index is -0.247. The molecule has 12 heavy (non-hydrogen) atoms. The van der Waals surface area contributed by atoms with Gasteiger partial charge in [-0.2, -0.15) is 0 Å². The van der Waals surface area contributed by atoms with Crippen molar-refractivity contribution >= 4 is 0 Å². The molecule has 0 radical (unpaired) electrons. The lowest BCUT2D eigenvalue weighted by molar-refractivity contribution is 0.350. The molecular formula is C10H16N2. The topological polar surface area (TPSA) is 38.9 Å². The molecule has 1 atom stereocenters. The number of pyridine rings is 1.